The summed E-state index contributed by atoms with van der Waals surface area (Å²) in [5.74, 6) is -0.456. The van der Waals surface area contributed by atoms with E-state index >= 15 is 0 Å². The first kappa shape index (κ1) is 13.7. The minimum absolute atomic E-state index is 0.456. The predicted molar refractivity (Wildman–Crippen MR) is 67.5 cm³/mol. The molecule has 0 aliphatic carbocycles. The van der Waals surface area contributed by atoms with Crippen LogP contribution in [0.3, 0.4) is 0 Å². The molecule has 1 heterocycles. The number of carbonyl (C=O) groups excluding carboxylic acids is 1. The Hall–Kier alpha value is -1.36. The summed E-state index contributed by atoms with van der Waals surface area (Å²) in [5.41, 5.74) is 13.5. The lowest BCUT2D eigenvalue weighted by atomic mass is 9.96. The SMILES string of the molecule is Cc1nn(CCCC(C)(N)C(N)=O)c(C)c1C. The third-order valence-corrected chi connectivity index (χ3v) is 3.37. The number of carbonyl (C=O) groups is 1. The van der Waals surface area contributed by atoms with E-state index in [1.165, 1.54) is 11.3 Å². The maximum absolute atomic E-state index is 11.1. The highest BCUT2D eigenvalue weighted by Gasteiger charge is 2.24. The number of amides is 1. The molecule has 0 aliphatic rings. The van der Waals surface area contributed by atoms with Crippen molar-refractivity contribution in [3.63, 3.8) is 0 Å². The molecule has 17 heavy (non-hydrogen) atoms. The number of rotatable bonds is 5. The Labute approximate surface area is 102 Å². The monoisotopic (exact) mass is 238 g/mol. The van der Waals surface area contributed by atoms with Gasteiger partial charge in [0.1, 0.15) is 0 Å². The van der Waals surface area contributed by atoms with Crippen LogP contribution in [0.15, 0.2) is 0 Å². The smallest absolute Gasteiger partial charge is 0.237 e. The van der Waals surface area contributed by atoms with Gasteiger partial charge < -0.3 is 11.5 Å². The minimum Gasteiger partial charge on any atom is -0.368 e. The van der Waals surface area contributed by atoms with Gasteiger partial charge in [-0.2, -0.15) is 5.10 Å². The fourth-order valence-corrected chi connectivity index (χ4v) is 1.72. The Balaban J connectivity index is 2.57. The van der Waals surface area contributed by atoms with Gasteiger partial charge in [-0.1, -0.05) is 0 Å². The molecule has 96 valence electrons. The van der Waals surface area contributed by atoms with Crippen molar-refractivity contribution in [2.75, 3.05) is 0 Å². The molecule has 1 aromatic rings. The van der Waals surface area contributed by atoms with Gasteiger partial charge in [-0.3, -0.25) is 9.48 Å². The van der Waals surface area contributed by atoms with E-state index in [4.69, 9.17) is 11.5 Å². The maximum Gasteiger partial charge on any atom is 0.237 e. The van der Waals surface area contributed by atoms with Crippen LogP contribution >= 0.6 is 0 Å². The summed E-state index contributed by atoms with van der Waals surface area (Å²) in [5, 5.41) is 4.43. The van der Waals surface area contributed by atoms with E-state index < -0.39 is 11.4 Å². The fourth-order valence-electron chi connectivity index (χ4n) is 1.72. The van der Waals surface area contributed by atoms with Gasteiger partial charge in [-0.15, -0.1) is 0 Å². The van der Waals surface area contributed by atoms with Crippen LogP contribution in [0.4, 0.5) is 0 Å². The average Bonchev–Trinajstić information content (AvgIpc) is 2.46. The lowest BCUT2D eigenvalue weighted by Crippen LogP contribution is -2.49. The zero-order chi connectivity index (χ0) is 13.2. The van der Waals surface area contributed by atoms with Crippen molar-refractivity contribution in [1.82, 2.24) is 9.78 Å². The normalized spacial score (nSPS) is 14.6. The van der Waals surface area contributed by atoms with Crippen molar-refractivity contribution in [1.29, 1.82) is 0 Å². The van der Waals surface area contributed by atoms with Crippen LogP contribution in [-0.4, -0.2) is 21.2 Å². The van der Waals surface area contributed by atoms with Crippen molar-refractivity contribution in [3.8, 4) is 0 Å². The molecule has 1 unspecified atom stereocenters. The lowest BCUT2D eigenvalue weighted by molar-refractivity contribution is -0.122. The van der Waals surface area contributed by atoms with Crippen LogP contribution in [0, 0.1) is 20.8 Å². The molecule has 0 bridgehead atoms. The van der Waals surface area contributed by atoms with Crippen molar-refractivity contribution >= 4 is 5.91 Å². The number of aromatic nitrogens is 2. The number of aryl methyl sites for hydroxylation is 2. The second-order valence-electron chi connectivity index (χ2n) is 4.90. The first-order valence-corrected chi connectivity index (χ1v) is 5.85. The van der Waals surface area contributed by atoms with Crippen LogP contribution < -0.4 is 11.5 Å². The summed E-state index contributed by atoms with van der Waals surface area (Å²) in [6.07, 6.45) is 1.36. The largest absolute Gasteiger partial charge is 0.368 e. The Bertz CT molecular complexity index is 420. The van der Waals surface area contributed by atoms with Gasteiger partial charge in [-0.25, -0.2) is 0 Å². The molecule has 0 fully saturated rings. The molecule has 0 aromatic carbocycles. The van der Waals surface area contributed by atoms with E-state index in [9.17, 15) is 4.79 Å². The zero-order valence-electron chi connectivity index (χ0n) is 11.1. The summed E-state index contributed by atoms with van der Waals surface area (Å²) >= 11 is 0. The molecule has 1 atom stereocenters. The molecular weight excluding hydrogens is 216 g/mol. The molecular formula is C12H22N4O. The average molecular weight is 238 g/mol. The summed E-state index contributed by atoms with van der Waals surface area (Å²) < 4.78 is 1.96. The van der Waals surface area contributed by atoms with Gasteiger partial charge in [0.05, 0.1) is 11.2 Å². The minimum atomic E-state index is -0.925. The van der Waals surface area contributed by atoms with Crippen LogP contribution in [-0.2, 0) is 11.3 Å². The molecule has 4 N–H and O–H groups in total. The Morgan fingerprint density at radius 3 is 2.41 bits per heavy atom. The summed E-state index contributed by atoms with van der Waals surface area (Å²) in [6, 6.07) is 0. The first-order valence-electron chi connectivity index (χ1n) is 5.85. The molecule has 0 spiro atoms. The summed E-state index contributed by atoms with van der Waals surface area (Å²) in [6.45, 7) is 8.54. The van der Waals surface area contributed by atoms with E-state index in [1.54, 1.807) is 6.92 Å². The number of hydrogen-bond acceptors (Lipinski definition) is 3. The number of hydrogen-bond donors (Lipinski definition) is 2. The van der Waals surface area contributed by atoms with Crippen molar-refractivity contribution in [2.24, 2.45) is 11.5 Å². The molecule has 5 nitrogen and oxygen atoms in total. The standard InChI is InChI=1S/C12H22N4O/c1-8-9(2)15-16(10(8)3)7-5-6-12(4,14)11(13)17/h5-7,14H2,1-4H3,(H2,13,17). The molecule has 5 heteroatoms. The topological polar surface area (TPSA) is 86.9 Å². The highest BCUT2D eigenvalue weighted by molar-refractivity contribution is 5.83. The summed E-state index contributed by atoms with van der Waals surface area (Å²) in [4.78, 5) is 11.1. The Kier molecular flexibility index (Phi) is 3.93. The van der Waals surface area contributed by atoms with E-state index in [0.717, 1.165) is 18.7 Å². The third kappa shape index (κ3) is 3.06. The molecule has 0 saturated carbocycles. The second-order valence-corrected chi connectivity index (χ2v) is 4.90. The van der Waals surface area contributed by atoms with Crippen LogP contribution in [0.2, 0.25) is 0 Å². The van der Waals surface area contributed by atoms with E-state index in [2.05, 4.69) is 12.0 Å². The van der Waals surface area contributed by atoms with E-state index in [1.807, 2.05) is 18.5 Å². The van der Waals surface area contributed by atoms with Crippen LogP contribution in [0.5, 0.6) is 0 Å². The second kappa shape index (κ2) is 4.87. The number of nitrogens with two attached hydrogens (primary N) is 2. The third-order valence-electron chi connectivity index (χ3n) is 3.37. The molecule has 1 aromatic heterocycles. The van der Waals surface area contributed by atoms with Crippen LogP contribution in [0.25, 0.3) is 0 Å². The van der Waals surface area contributed by atoms with E-state index in [0.29, 0.717) is 6.42 Å². The quantitative estimate of drug-likeness (QED) is 0.795. The van der Waals surface area contributed by atoms with Crippen molar-refractivity contribution in [2.45, 2.75) is 52.6 Å². The highest BCUT2D eigenvalue weighted by atomic mass is 16.1. The van der Waals surface area contributed by atoms with Crippen molar-refractivity contribution < 1.29 is 4.79 Å². The van der Waals surface area contributed by atoms with Gasteiger partial charge >= 0.3 is 0 Å². The maximum atomic E-state index is 11.1. The van der Waals surface area contributed by atoms with Gasteiger partial charge in [-0.05, 0) is 46.1 Å². The van der Waals surface area contributed by atoms with Gasteiger partial charge in [0.15, 0.2) is 0 Å². The van der Waals surface area contributed by atoms with Gasteiger partial charge in [0.2, 0.25) is 5.91 Å². The first-order chi connectivity index (χ1) is 7.75. The fraction of sp³-hybridized carbons (Fsp3) is 0.667. The van der Waals surface area contributed by atoms with Crippen LogP contribution in [0.1, 0.15) is 36.7 Å². The molecule has 0 radical (unpaired) electrons. The van der Waals surface area contributed by atoms with E-state index in [-0.39, 0.29) is 0 Å². The molecule has 1 rings (SSSR count). The number of primary amides is 1. The number of nitrogens with zero attached hydrogens (tertiary/aromatic N) is 2. The van der Waals surface area contributed by atoms with Gasteiger partial charge in [0.25, 0.3) is 0 Å². The lowest BCUT2D eigenvalue weighted by Gasteiger charge is -2.20. The highest BCUT2D eigenvalue weighted by Crippen LogP contribution is 2.14. The molecule has 0 saturated heterocycles. The molecule has 0 aliphatic heterocycles. The Morgan fingerprint density at radius 2 is 2.00 bits per heavy atom. The predicted octanol–water partition coefficient (Wildman–Crippen LogP) is 0.791. The van der Waals surface area contributed by atoms with Crippen molar-refractivity contribution in [3.05, 3.63) is 17.0 Å². The Morgan fingerprint density at radius 1 is 1.41 bits per heavy atom. The van der Waals surface area contributed by atoms with Gasteiger partial charge in [0, 0.05) is 12.2 Å². The zero-order valence-corrected chi connectivity index (χ0v) is 11.1. The molecule has 1 amide bonds. The summed E-state index contributed by atoms with van der Waals surface area (Å²) in [7, 11) is 0.